The second-order valence-electron chi connectivity index (χ2n) is 6.66. The maximum absolute atomic E-state index is 11.0. The van der Waals surface area contributed by atoms with Crippen LogP contribution in [0.3, 0.4) is 0 Å². The van der Waals surface area contributed by atoms with E-state index in [0.717, 1.165) is 12.8 Å². The van der Waals surface area contributed by atoms with Gasteiger partial charge < -0.3 is 44.7 Å². The molecule has 1 aliphatic rings. The van der Waals surface area contributed by atoms with Crippen molar-refractivity contribution in [3.63, 3.8) is 0 Å². The quantitative estimate of drug-likeness (QED) is 0.244. The molecular weight excluding hydrogens is 430 g/mol. The zero-order valence-electron chi connectivity index (χ0n) is 15.2. The van der Waals surface area contributed by atoms with Crippen molar-refractivity contribution >= 4 is 38.1 Å². The molecule has 2 heterocycles. The predicted molar refractivity (Wildman–Crippen MR) is 101 cm³/mol. The van der Waals surface area contributed by atoms with Crippen LogP contribution in [0.4, 0.5) is 11.8 Å². The first kappa shape index (κ1) is 22.1. The molecule has 16 heteroatoms. The first-order valence-electron chi connectivity index (χ1n) is 8.53. The third-order valence-corrected chi connectivity index (χ3v) is 4.93. The summed E-state index contributed by atoms with van der Waals surface area (Å²) in [4.78, 5) is 48.5. The third-order valence-electron chi connectivity index (χ3n) is 3.89. The number of rotatable bonds is 11. The largest absolute Gasteiger partial charge is 0.368 e. The number of fused-ring (bicyclic) bond motifs is 1. The van der Waals surface area contributed by atoms with Crippen molar-refractivity contribution in [2.45, 2.75) is 24.9 Å². The molecule has 2 aromatic heterocycles. The standard InChI is InChI=1S/C13H22N6O8P2/c14-13-17-11(16-8-1-2-8)10-12(18-13)19(5-15-10)9(3-26-6-28(20,21)22)4-27-7-29(23,24)25/h5,8-9H,1-4,6-7H2,(H2,20,21,22)(H2,23,24,25)(H3,14,16,17,18). The SMILES string of the molecule is Nc1nc(NC2CC2)c2ncn(C(COCP(=O)(O)O)COCP(=O)(O)O)c2n1. The minimum Gasteiger partial charge on any atom is -0.368 e. The Labute approximate surface area is 164 Å². The molecule has 0 bridgehead atoms. The molecule has 1 saturated carbocycles. The number of nitrogen functional groups attached to an aromatic ring is 1. The molecule has 0 radical (unpaired) electrons. The maximum atomic E-state index is 11.0. The number of ether oxygens (including phenoxy) is 2. The van der Waals surface area contributed by atoms with Crippen LogP contribution in [0.5, 0.6) is 0 Å². The van der Waals surface area contributed by atoms with Crippen molar-refractivity contribution in [1.29, 1.82) is 0 Å². The van der Waals surface area contributed by atoms with Gasteiger partial charge >= 0.3 is 15.2 Å². The molecule has 1 aliphatic carbocycles. The number of hydrogen-bond acceptors (Lipinski definition) is 9. The Balaban J connectivity index is 1.84. The van der Waals surface area contributed by atoms with Gasteiger partial charge in [0, 0.05) is 6.04 Å². The Morgan fingerprint density at radius 3 is 2.24 bits per heavy atom. The maximum Gasteiger partial charge on any atom is 0.350 e. The molecule has 29 heavy (non-hydrogen) atoms. The number of nitrogens with two attached hydrogens (primary N) is 1. The lowest BCUT2D eigenvalue weighted by Crippen LogP contribution is -2.22. The monoisotopic (exact) mass is 452 g/mol. The van der Waals surface area contributed by atoms with Crippen LogP contribution in [0.2, 0.25) is 0 Å². The predicted octanol–water partition coefficient (Wildman–Crippen LogP) is -0.173. The molecule has 0 saturated heterocycles. The average Bonchev–Trinajstić information content (AvgIpc) is 3.28. The van der Waals surface area contributed by atoms with Gasteiger partial charge in [-0.1, -0.05) is 0 Å². The topological polar surface area (TPSA) is 215 Å². The Kier molecular flexibility index (Phi) is 6.56. The van der Waals surface area contributed by atoms with Crippen molar-refractivity contribution in [3.05, 3.63) is 6.33 Å². The van der Waals surface area contributed by atoms with Gasteiger partial charge in [-0.05, 0) is 12.8 Å². The minimum atomic E-state index is -4.39. The number of imidazole rings is 1. The minimum absolute atomic E-state index is 0.00609. The highest BCUT2D eigenvalue weighted by molar-refractivity contribution is 7.51. The summed E-state index contributed by atoms with van der Waals surface area (Å²) in [6.07, 6.45) is 1.77. The van der Waals surface area contributed by atoms with E-state index < -0.39 is 33.9 Å². The van der Waals surface area contributed by atoms with Crippen molar-refractivity contribution in [1.82, 2.24) is 19.5 Å². The molecule has 2 aromatic rings. The Bertz CT molecular complexity index is 926. The zero-order valence-corrected chi connectivity index (χ0v) is 16.9. The van der Waals surface area contributed by atoms with Gasteiger partial charge in [0.1, 0.15) is 12.7 Å². The third kappa shape index (κ3) is 6.69. The summed E-state index contributed by atoms with van der Waals surface area (Å²) in [5, 5.41) is 3.20. The van der Waals surface area contributed by atoms with Crippen LogP contribution in [-0.4, -0.2) is 71.0 Å². The smallest absolute Gasteiger partial charge is 0.350 e. The van der Waals surface area contributed by atoms with Crippen LogP contribution in [0, 0.1) is 0 Å². The van der Waals surface area contributed by atoms with E-state index in [0.29, 0.717) is 17.0 Å². The summed E-state index contributed by atoms with van der Waals surface area (Å²) in [6, 6.07) is -0.451. The second-order valence-corrected chi connectivity index (χ2v) is 9.83. The molecule has 1 fully saturated rings. The van der Waals surface area contributed by atoms with Gasteiger partial charge in [0.05, 0.1) is 25.6 Å². The van der Waals surface area contributed by atoms with Gasteiger partial charge in [-0.25, -0.2) is 4.98 Å². The highest BCUT2D eigenvalue weighted by atomic mass is 31.2. The van der Waals surface area contributed by atoms with Gasteiger partial charge in [0.2, 0.25) is 5.95 Å². The fourth-order valence-electron chi connectivity index (χ4n) is 2.55. The molecule has 0 spiro atoms. The highest BCUT2D eigenvalue weighted by Gasteiger charge is 2.26. The summed E-state index contributed by atoms with van der Waals surface area (Å²) in [5.41, 5.74) is 6.55. The van der Waals surface area contributed by atoms with Gasteiger partial charge in [-0.2, -0.15) is 9.97 Å². The number of hydrogen-bond donors (Lipinski definition) is 6. The molecule has 3 rings (SSSR count). The molecule has 7 N–H and O–H groups in total. The summed E-state index contributed by atoms with van der Waals surface area (Å²) < 4.78 is 33.7. The Morgan fingerprint density at radius 1 is 1.14 bits per heavy atom. The molecular formula is C13H22N6O8P2. The van der Waals surface area contributed by atoms with E-state index in [-0.39, 0.29) is 25.2 Å². The van der Waals surface area contributed by atoms with Crippen LogP contribution in [0.25, 0.3) is 11.2 Å². The van der Waals surface area contributed by atoms with Crippen molar-refractivity contribution in [2.75, 3.05) is 37.0 Å². The van der Waals surface area contributed by atoms with E-state index in [2.05, 4.69) is 20.3 Å². The van der Waals surface area contributed by atoms with Crippen molar-refractivity contribution < 1.29 is 38.2 Å². The number of aromatic nitrogens is 4. The summed E-state index contributed by atoms with van der Waals surface area (Å²) in [5.74, 6) is 0.452. The lowest BCUT2D eigenvalue weighted by molar-refractivity contribution is 0.0655. The highest BCUT2D eigenvalue weighted by Crippen LogP contribution is 2.36. The molecule has 14 nitrogen and oxygen atoms in total. The lowest BCUT2D eigenvalue weighted by Gasteiger charge is -2.20. The Hall–Kier alpha value is -1.63. The molecule has 0 amide bonds. The van der Waals surface area contributed by atoms with Crippen LogP contribution < -0.4 is 11.1 Å². The molecule has 162 valence electrons. The summed E-state index contributed by atoms with van der Waals surface area (Å²) in [6.45, 7) is -0.458. The first-order valence-corrected chi connectivity index (χ1v) is 12.1. The second kappa shape index (κ2) is 8.62. The van der Waals surface area contributed by atoms with Crippen molar-refractivity contribution in [2.24, 2.45) is 0 Å². The fourth-order valence-corrected chi connectivity index (χ4v) is 3.23. The van der Waals surface area contributed by atoms with E-state index in [1.54, 1.807) is 0 Å². The number of nitrogens with zero attached hydrogens (tertiary/aromatic N) is 4. The van der Waals surface area contributed by atoms with Gasteiger partial charge in [0.15, 0.2) is 17.0 Å². The normalized spacial score (nSPS) is 15.3. The first-order chi connectivity index (χ1) is 13.5. The van der Waals surface area contributed by atoms with E-state index >= 15 is 0 Å². The van der Waals surface area contributed by atoms with Crippen LogP contribution in [0.1, 0.15) is 18.9 Å². The molecule has 0 atom stereocenters. The molecule has 0 aliphatic heterocycles. The van der Waals surface area contributed by atoms with Crippen molar-refractivity contribution in [3.8, 4) is 0 Å². The summed E-state index contributed by atoms with van der Waals surface area (Å²) >= 11 is 0. The van der Waals surface area contributed by atoms with Gasteiger partial charge in [0.25, 0.3) is 0 Å². The lowest BCUT2D eigenvalue weighted by atomic mass is 10.3. The van der Waals surface area contributed by atoms with E-state index in [4.69, 9.17) is 34.8 Å². The summed E-state index contributed by atoms with van der Waals surface area (Å²) in [7, 11) is -8.78. The van der Waals surface area contributed by atoms with Crippen LogP contribution in [0.15, 0.2) is 6.33 Å². The average molecular weight is 452 g/mol. The number of nitrogens with one attached hydrogen (secondary N) is 1. The fraction of sp³-hybridized carbons (Fsp3) is 0.615. The number of anilines is 2. The zero-order chi connectivity index (χ0) is 21.2. The van der Waals surface area contributed by atoms with E-state index in [1.165, 1.54) is 10.9 Å². The van der Waals surface area contributed by atoms with Gasteiger partial charge in [-0.3, -0.25) is 9.13 Å². The van der Waals surface area contributed by atoms with Crippen LogP contribution in [-0.2, 0) is 18.6 Å². The molecule has 0 aromatic carbocycles. The van der Waals surface area contributed by atoms with E-state index in [9.17, 15) is 9.13 Å². The van der Waals surface area contributed by atoms with Crippen LogP contribution >= 0.6 is 15.2 Å². The van der Waals surface area contributed by atoms with Gasteiger partial charge in [-0.15, -0.1) is 0 Å². The van der Waals surface area contributed by atoms with E-state index in [1.807, 2.05) is 0 Å². The molecule has 0 unspecified atom stereocenters. The Morgan fingerprint density at radius 2 is 1.72 bits per heavy atom.